The predicted octanol–water partition coefficient (Wildman–Crippen LogP) is 2.83. The van der Waals surface area contributed by atoms with Gasteiger partial charge in [0.2, 0.25) is 5.95 Å². The smallest absolute Gasteiger partial charge is 0.247 e. The molecule has 0 unspecified atom stereocenters. The first-order valence-corrected chi connectivity index (χ1v) is 11.0. The van der Waals surface area contributed by atoms with Crippen molar-refractivity contribution in [2.75, 3.05) is 11.6 Å². The minimum Gasteiger partial charge on any atom is -0.323 e. The maximum atomic E-state index is 11.6. The molecular weight excluding hydrogens is 402 g/mol. The molecule has 1 N–H and O–H groups in total. The minimum absolute atomic E-state index is 0.258. The number of fused-ring (bicyclic) bond motifs is 2. The number of aromatic nitrogens is 6. The minimum atomic E-state index is -3.24. The molecule has 0 aliphatic rings. The molecule has 0 radical (unpaired) electrons. The zero-order chi connectivity index (χ0) is 20.9. The second-order valence-electron chi connectivity index (χ2n) is 6.96. The van der Waals surface area contributed by atoms with Crippen LogP contribution in [0.2, 0.25) is 0 Å². The summed E-state index contributed by atoms with van der Waals surface area (Å²) in [6.07, 6.45) is 6.37. The maximum Gasteiger partial charge on any atom is 0.247 e. The standard InChI is InChI=1S/C20H17N7O2S/c1-26-17-8-3-13(9-14(17)10-22-26)18-11-21-12-19-24-20(25-27(18)19)23-15-4-6-16(7-5-15)30(2,28)29/h3-12H,1-2H3,(H,23,25). The van der Waals surface area contributed by atoms with E-state index in [1.807, 2.05) is 36.1 Å². The van der Waals surface area contributed by atoms with Crippen LogP contribution in [0.15, 0.2) is 66.0 Å². The molecule has 0 amide bonds. The molecule has 0 atom stereocenters. The Morgan fingerprint density at radius 2 is 1.80 bits per heavy atom. The zero-order valence-corrected chi connectivity index (χ0v) is 17.0. The summed E-state index contributed by atoms with van der Waals surface area (Å²) < 4.78 is 26.8. The van der Waals surface area contributed by atoms with Crippen LogP contribution >= 0.6 is 0 Å². The zero-order valence-electron chi connectivity index (χ0n) is 16.2. The summed E-state index contributed by atoms with van der Waals surface area (Å²) in [5.74, 6) is 0.388. The molecule has 0 spiro atoms. The van der Waals surface area contributed by atoms with E-state index >= 15 is 0 Å². The van der Waals surface area contributed by atoms with Crippen LogP contribution in [0.5, 0.6) is 0 Å². The van der Waals surface area contributed by atoms with E-state index in [9.17, 15) is 8.42 Å². The van der Waals surface area contributed by atoms with E-state index in [-0.39, 0.29) is 4.90 Å². The first-order chi connectivity index (χ1) is 14.4. The number of sulfone groups is 1. The molecule has 0 saturated carbocycles. The van der Waals surface area contributed by atoms with Gasteiger partial charge in [-0.1, -0.05) is 6.07 Å². The average molecular weight is 419 g/mol. The molecule has 0 fully saturated rings. The van der Waals surface area contributed by atoms with Gasteiger partial charge in [-0.2, -0.15) is 10.1 Å². The van der Waals surface area contributed by atoms with Crippen LogP contribution in [-0.2, 0) is 16.9 Å². The number of aryl methyl sites for hydroxylation is 1. The first-order valence-electron chi connectivity index (χ1n) is 9.08. The van der Waals surface area contributed by atoms with Gasteiger partial charge in [0.25, 0.3) is 0 Å². The molecule has 2 aromatic carbocycles. The van der Waals surface area contributed by atoms with Crippen LogP contribution < -0.4 is 5.32 Å². The SMILES string of the molecule is Cn1ncc2cc(-c3cncc4nc(Nc5ccc(S(C)(=O)=O)cc5)nn34)ccc21. The Morgan fingerprint density at radius 3 is 2.57 bits per heavy atom. The van der Waals surface area contributed by atoms with E-state index in [2.05, 4.69) is 25.5 Å². The van der Waals surface area contributed by atoms with E-state index in [0.717, 1.165) is 22.2 Å². The third-order valence-electron chi connectivity index (χ3n) is 4.83. The van der Waals surface area contributed by atoms with Gasteiger partial charge in [0.05, 0.1) is 34.7 Å². The van der Waals surface area contributed by atoms with Crippen LogP contribution in [0.1, 0.15) is 0 Å². The van der Waals surface area contributed by atoms with Crippen molar-refractivity contribution in [1.82, 2.24) is 29.4 Å². The normalized spacial score (nSPS) is 11.9. The molecule has 30 heavy (non-hydrogen) atoms. The van der Waals surface area contributed by atoms with Crippen LogP contribution in [0, 0.1) is 0 Å². The van der Waals surface area contributed by atoms with E-state index in [1.54, 1.807) is 41.2 Å². The van der Waals surface area contributed by atoms with Gasteiger partial charge in [-0.3, -0.25) is 9.67 Å². The fourth-order valence-electron chi connectivity index (χ4n) is 3.30. The third kappa shape index (κ3) is 3.16. The Morgan fingerprint density at radius 1 is 1.00 bits per heavy atom. The molecule has 3 aromatic heterocycles. The highest BCUT2D eigenvalue weighted by Gasteiger charge is 2.12. The fourth-order valence-corrected chi connectivity index (χ4v) is 3.93. The van der Waals surface area contributed by atoms with Gasteiger partial charge < -0.3 is 5.32 Å². The molecule has 150 valence electrons. The second kappa shape index (κ2) is 6.63. The van der Waals surface area contributed by atoms with Crippen molar-refractivity contribution < 1.29 is 8.42 Å². The average Bonchev–Trinajstić information content (AvgIpc) is 3.30. The predicted molar refractivity (Wildman–Crippen MR) is 113 cm³/mol. The van der Waals surface area contributed by atoms with Crippen LogP contribution in [0.4, 0.5) is 11.6 Å². The quantitative estimate of drug-likeness (QED) is 0.477. The number of hydrogen-bond donors (Lipinski definition) is 1. The lowest BCUT2D eigenvalue weighted by molar-refractivity contribution is 0.602. The van der Waals surface area contributed by atoms with Gasteiger partial charge in [0.15, 0.2) is 15.5 Å². The number of nitrogens with zero attached hydrogens (tertiary/aromatic N) is 6. The summed E-state index contributed by atoms with van der Waals surface area (Å²) >= 11 is 0. The van der Waals surface area contributed by atoms with Crippen molar-refractivity contribution in [2.24, 2.45) is 7.05 Å². The maximum absolute atomic E-state index is 11.6. The van der Waals surface area contributed by atoms with Crippen molar-refractivity contribution in [2.45, 2.75) is 4.90 Å². The Bertz CT molecular complexity index is 1500. The molecule has 3 heterocycles. The second-order valence-corrected chi connectivity index (χ2v) is 8.98. The number of nitrogens with one attached hydrogen (secondary N) is 1. The summed E-state index contributed by atoms with van der Waals surface area (Å²) in [5, 5.41) is 13.0. The molecule has 0 aliphatic carbocycles. The molecule has 5 aromatic rings. The largest absolute Gasteiger partial charge is 0.323 e. The molecule has 5 rings (SSSR count). The topological polar surface area (TPSA) is 107 Å². The fraction of sp³-hybridized carbons (Fsp3) is 0.100. The van der Waals surface area contributed by atoms with Gasteiger partial charge >= 0.3 is 0 Å². The Balaban J connectivity index is 1.51. The van der Waals surface area contributed by atoms with Gasteiger partial charge in [-0.25, -0.2) is 12.9 Å². The van der Waals surface area contributed by atoms with Crippen molar-refractivity contribution in [3.05, 3.63) is 61.1 Å². The van der Waals surface area contributed by atoms with Crippen molar-refractivity contribution in [1.29, 1.82) is 0 Å². The first kappa shape index (κ1) is 18.3. The lowest BCUT2D eigenvalue weighted by Crippen LogP contribution is -1.98. The summed E-state index contributed by atoms with van der Waals surface area (Å²) in [6.45, 7) is 0. The van der Waals surface area contributed by atoms with Crippen LogP contribution in [0.3, 0.4) is 0 Å². The van der Waals surface area contributed by atoms with Crippen LogP contribution in [-0.4, -0.2) is 44.0 Å². The Labute approximate surface area is 171 Å². The Hall–Kier alpha value is -3.79. The Kier molecular flexibility index (Phi) is 4.03. The van der Waals surface area contributed by atoms with E-state index in [4.69, 9.17) is 0 Å². The van der Waals surface area contributed by atoms with E-state index in [0.29, 0.717) is 17.3 Å². The molecule has 9 nitrogen and oxygen atoms in total. The summed E-state index contributed by atoms with van der Waals surface area (Å²) in [4.78, 5) is 9.03. The molecule has 0 aliphatic heterocycles. The highest BCUT2D eigenvalue weighted by atomic mass is 32.2. The van der Waals surface area contributed by atoms with Gasteiger partial charge in [-0.15, -0.1) is 5.10 Å². The summed E-state index contributed by atoms with van der Waals surface area (Å²) in [6, 6.07) is 12.5. The molecule has 0 saturated heterocycles. The number of rotatable bonds is 4. The van der Waals surface area contributed by atoms with Crippen LogP contribution in [0.25, 0.3) is 27.8 Å². The number of benzene rings is 2. The summed E-state index contributed by atoms with van der Waals surface area (Å²) in [7, 11) is -1.34. The van der Waals surface area contributed by atoms with Gasteiger partial charge in [0.1, 0.15) is 0 Å². The molecule has 10 heteroatoms. The molecular formula is C20H17N7O2S. The monoisotopic (exact) mass is 419 g/mol. The lowest BCUT2D eigenvalue weighted by Gasteiger charge is -2.04. The summed E-state index contributed by atoms with van der Waals surface area (Å²) in [5.41, 5.74) is 4.06. The number of hydrogen-bond acceptors (Lipinski definition) is 7. The highest BCUT2D eigenvalue weighted by molar-refractivity contribution is 7.90. The highest BCUT2D eigenvalue weighted by Crippen LogP contribution is 2.25. The van der Waals surface area contributed by atoms with E-state index < -0.39 is 9.84 Å². The van der Waals surface area contributed by atoms with Gasteiger partial charge in [-0.05, 0) is 36.4 Å². The van der Waals surface area contributed by atoms with Gasteiger partial charge in [0, 0.05) is 29.9 Å². The van der Waals surface area contributed by atoms with Crippen molar-refractivity contribution >= 4 is 38.0 Å². The molecule has 0 bridgehead atoms. The van der Waals surface area contributed by atoms with Crippen molar-refractivity contribution in [3.8, 4) is 11.3 Å². The lowest BCUT2D eigenvalue weighted by atomic mass is 10.1. The third-order valence-corrected chi connectivity index (χ3v) is 5.96. The van der Waals surface area contributed by atoms with Crippen molar-refractivity contribution in [3.63, 3.8) is 0 Å². The van der Waals surface area contributed by atoms with E-state index in [1.165, 1.54) is 6.26 Å². The number of anilines is 2.